The molecule has 120 valence electrons. The SMILES string of the molecule is CC(C)[C@@H](C)Nc1c(-c2ccccc2F)c(Cl)nc2ncnn12. The van der Waals surface area contributed by atoms with Gasteiger partial charge in [-0.1, -0.05) is 43.6 Å². The first-order valence-electron chi connectivity index (χ1n) is 7.39. The van der Waals surface area contributed by atoms with E-state index in [9.17, 15) is 4.39 Å². The molecule has 0 aliphatic heterocycles. The number of aromatic nitrogens is 4. The number of anilines is 1. The number of halogens is 2. The van der Waals surface area contributed by atoms with Crippen LogP contribution in [-0.2, 0) is 0 Å². The van der Waals surface area contributed by atoms with E-state index in [2.05, 4.69) is 34.2 Å². The minimum absolute atomic E-state index is 0.131. The average Bonchev–Trinajstić information content (AvgIpc) is 2.96. The maximum atomic E-state index is 14.3. The second-order valence-corrected chi connectivity index (χ2v) is 6.11. The van der Waals surface area contributed by atoms with Gasteiger partial charge in [0.05, 0.1) is 5.56 Å². The predicted octanol–water partition coefficient (Wildman–Crippen LogP) is 4.04. The smallest absolute Gasteiger partial charge is 0.255 e. The highest BCUT2D eigenvalue weighted by Crippen LogP contribution is 2.36. The molecule has 3 aromatic rings. The van der Waals surface area contributed by atoms with Crippen molar-refractivity contribution >= 4 is 23.2 Å². The molecule has 0 saturated carbocycles. The van der Waals surface area contributed by atoms with Gasteiger partial charge >= 0.3 is 0 Å². The van der Waals surface area contributed by atoms with Crippen molar-refractivity contribution in [2.75, 3.05) is 5.32 Å². The minimum atomic E-state index is -0.365. The number of rotatable bonds is 4. The number of nitrogens with zero attached hydrogens (tertiary/aromatic N) is 4. The fourth-order valence-corrected chi connectivity index (χ4v) is 2.50. The van der Waals surface area contributed by atoms with Crippen LogP contribution in [0.15, 0.2) is 30.6 Å². The van der Waals surface area contributed by atoms with Crippen LogP contribution in [0.3, 0.4) is 0 Å². The zero-order valence-electron chi connectivity index (χ0n) is 13.1. The number of fused-ring (bicyclic) bond motifs is 1. The van der Waals surface area contributed by atoms with E-state index in [1.807, 2.05) is 6.92 Å². The zero-order chi connectivity index (χ0) is 16.6. The number of hydrogen-bond donors (Lipinski definition) is 1. The largest absolute Gasteiger partial charge is 0.367 e. The fraction of sp³-hybridized carbons (Fsp3) is 0.312. The molecule has 2 aromatic heterocycles. The summed E-state index contributed by atoms with van der Waals surface area (Å²) >= 11 is 6.34. The Morgan fingerprint density at radius 2 is 1.96 bits per heavy atom. The summed E-state index contributed by atoms with van der Waals surface area (Å²) in [5.74, 6) is 0.960. The Bertz CT molecular complexity index is 846. The number of benzene rings is 1. The Labute approximate surface area is 138 Å². The molecule has 0 spiro atoms. The summed E-state index contributed by atoms with van der Waals surface area (Å²) in [4.78, 5) is 8.29. The van der Waals surface area contributed by atoms with Gasteiger partial charge in [-0.25, -0.2) is 4.39 Å². The van der Waals surface area contributed by atoms with Crippen molar-refractivity contribution < 1.29 is 4.39 Å². The topological polar surface area (TPSA) is 55.1 Å². The monoisotopic (exact) mass is 333 g/mol. The lowest BCUT2D eigenvalue weighted by Gasteiger charge is -2.22. The maximum Gasteiger partial charge on any atom is 0.255 e. The molecule has 5 nitrogen and oxygen atoms in total. The van der Waals surface area contributed by atoms with Gasteiger partial charge in [0.2, 0.25) is 0 Å². The van der Waals surface area contributed by atoms with Crippen LogP contribution in [0.25, 0.3) is 16.9 Å². The van der Waals surface area contributed by atoms with Crippen molar-refractivity contribution in [3.05, 3.63) is 41.6 Å². The van der Waals surface area contributed by atoms with Crippen molar-refractivity contribution in [2.24, 2.45) is 5.92 Å². The quantitative estimate of drug-likeness (QED) is 0.732. The average molecular weight is 334 g/mol. The highest BCUT2D eigenvalue weighted by Gasteiger charge is 2.21. The summed E-state index contributed by atoms with van der Waals surface area (Å²) in [6.07, 6.45) is 1.40. The molecule has 1 atom stereocenters. The molecule has 3 rings (SSSR count). The molecular weight excluding hydrogens is 317 g/mol. The molecule has 1 aromatic carbocycles. The highest BCUT2D eigenvalue weighted by molar-refractivity contribution is 6.33. The summed E-state index contributed by atoms with van der Waals surface area (Å²) < 4.78 is 15.8. The molecule has 2 heterocycles. The van der Waals surface area contributed by atoms with Crippen LogP contribution in [0.1, 0.15) is 20.8 Å². The Kier molecular flexibility index (Phi) is 4.17. The van der Waals surface area contributed by atoms with Crippen LogP contribution in [0.5, 0.6) is 0 Å². The second-order valence-electron chi connectivity index (χ2n) is 5.75. The third-order valence-electron chi connectivity index (χ3n) is 3.89. The molecule has 1 N–H and O–H groups in total. The van der Waals surface area contributed by atoms with E-state index >= 15 is 0 Å². The van der Waals surface area contributed by atoms with E-state index in [1.165, 1.54) is 12.4 Å². The van der Waals surface area contributed by atoms with Gasteiger partial charge in [-0.2, -0.15) is 19.6 Å². The van der Waals surface area contributed by atoms with Crippen LogP contribution in [0.2, 0.25) is 5.15 Å². The molecule has 0 aliphatic carbocycles. The van der Waals surface area contributed by atoms with Gasteiger partial charge in [-0.15, -0.1) is 0 Å². The normalized spacial score (nSPS) is 12.8. The first-order valence-corrected chi connectivity index (χ1v) is 7.77. The van der Waals surface area contributed by atoms with Crippen LogP contribution < -0.4 is 5.32 Å². The first kappa shape index (κ1) is 15.7. The zero-order valence-corrected chi connectivity index (χ0v) is 13.8. The van der Waals surface area contributed by atoms with E-state index < -0.39 is 0 Å². The molecule has 0 bridgehead atoms. The van der Waals surface area contributed by atoms with Crippen molar-refractivity contribution in [3.63, 3.8) is 0 Å². The third kappa shape index (κ3) is 2.86. The van der Waals surface area contributed by atoms with E-state index in [1.54, 1.807) is 22.7 Å². The van der Waals surface area contributed by atoms with Crippen molar-refractivity contribution in [2.45, 2.75) is 26.8 Å². The predicted molar refractivity (Wildman–Crippen MR) is 89.1 cm³/mol. The molecule has 0 amide bonds. The van der Waals surface area contributed by atoms with Crippen molar-refractivity contribution in [3.8, 4) is 11.1 Å². The van der Waals surface area contributed by atoms with E-state index in [4.69, 9.17) is 11.6 Å². The molecule has 23 heavy (non-hydrogen) atoms. The van der Waals surface area contributed by atoms with Gasteiger partial charge < -0.3 is 5.32 Å². The van der Waals surface area contributed by atoms with Gasteiger partial charge in [-0.05, 0) is 18.9 Å². The third-order valence-corrected chi connectivity index (χ3v) is 4.16. The lowest BCUT2D eigenvalue weighted by Crippen LogP contribution is -2.24. The van der Waals surface area contributed by atoms with Gasteiger partial charge in [0.1, 0.15) is 23.1 Å². The molecule has 7 heteroatoms. The first-order chi connectivity index (χ1) is 11.0. The molecule has 0 radical (unpaired) electrons. The van der Waals surface area contributed by atoms with E-state index in [0.717, 1.165) is 0 Å². The highest BCUT2D eigenvalue weighted by atomic mass is 35.5. The Balaban J connectivity index is 2.27. The number of nitrogens with one attached hydrogen (secondary N) is 1. The van der Waals surface area contributed by atoms with Crippen LogP contribution in [0, 0.1) is 11.7 Å². The molecular formula is C16H17ClFN5. The molecule has 0 aliphatic rings. The van der Waals surface area contributed by atoms with Crippen LogP contribution >= 0.6 is 11.6 Å². The van der Waals surface area contributed by atoms with Crippen molar-refractivity contribution in [1.29, 1.82) is 0 Å². The minimum Gasteiger partial charge on any atom is -0.367 e. The Hall–Kier alpha value is -2.21. The molecule has 0 saturated heterocycles. The lowest BCUT2D eigenvalue weighted by molar-refractivity contribution is 0.556. The van der Waals surface area contributed by atoms with E-state index in [-0.39, 0.29) is 17.0 Å². The fourth-order valence-electron chi connectivity index (χ4n) is 2.23. The Morgan fingerprint density at radius 3 is 2.65 bits per heavy atom. The van der Waals surface area contributed by atoms with E-state index in [0.29, 0.717) is 28.6 Å². The van der Waals surface area contributed by atoms with Gasteiger partial charge in [0.15, 0.2) is 0 Å². The van der Waals surface area contributed by atoms with Gasteiger partial charge in [0, 0.05) is 11.6 Å². The molecule has 0 fully saturated rings. The molecule has 0 unspecified atom stereocenters. The Morgan fingerprint density at radius 1 is 1.22 bits per heavy atom. The summed E-state index contributed by atoms with van der Waals surface area (Å²) in [5.41, 5.74) is 0.858. The lowest BCUT2D eigenvalue weighted by atomic mass is 10.0. The summed E-state index contributed by atoms with van der Waals surface area (Å²) in [5, 5.41) is 7.75. The number of hydrogen-bond acceptors (Lipinski definition) is 4. The van der Waals surface area contributed by atoms with Crippen LogP contribution in [-0.4, -0.2) is 25.6 Å². The van der Waals surface area contributed by atoms with Gasteiger partial charge in [-0.3, -0.25) is 0 Å². The summed E-state index contributed by atoms with van der Waals surface area (Å²) in [6.45, 7) is 6.25. The van der Waals surface area contributed by atoms with Gasteiger partial charge in [0.25, 0.3) is 5.78 Å². The maximum absolute atomic E-state index is 14.3. The summed E-state index contributed by atoms with van der Waals surface area (Å²) in [6, 6.07) is 6.60. The standard InChI is InChI=1S/C16H17ClFN5/c1-9(2)10(3)21-15-13(11-6-4-5-7-12(11)18)14(17)22-16-19-8-20-23(15)16/h4-10,21H,1-3H3/t10-/m1/s1. The second kappa shape index (κ2) is 6.12. The summed E-state index contributed by atoms with van der Waals surface area (Å²) in [7, 11) is 0. The van der Waals surface area contributed by atoms with Crippen molar-refractivity contribution in [1.82, 2.24) is 19.6 Å². The van der Waals surface area contributed by atoms with Crippen LogP contribution in [0.4, 0.5) is 10.2 Å².